The van der Waals surface area contributed by atoms with Crippen molar-refractivity contribution >= 4 is 10.8 Å². The second-order valence-corrected chi connectivity index (χ2v) is 11.2. The Morgan fingerprint density at radius 3 is 2.47 bits per heavy atom. The number of benzene rings is 3. The SMILES string of the molecule is [2H]c1c(C)[n+](C)c(-c2cc3c(cc2C)-c2ccccc2C3(C)C)c2ccc(CC3CCCC3)cc12. The van der Waals surface area contributed by atoms with E-state index in [9.17, 15) is 0 Å². The van der Waals surface area contributed by atoms with Gasteiger partial charge >= 0.3 is 0 Å². The average molecular weight is 448 g/mol. The number of nitrogens with zero attached hydrogens (tertiary/aromatic N) is 1. The van der Waals surface area contributed by atoms with Crippen LogP contribution in [0.3, 0.4) is 0 Å². The Kier molecular flexibility index (Phi) is 4.69. The van der Waals surface area contributed by atoms with Crippen molar-refractivity contribution in [1.82, 2.24) is 0 Å². The molecule has 6 rings (SSSR count). The van der Waals surface area contributed by atoms with E-state index in [-0.39, 0.29) is 5.41 Å². The molecule has 3 aromatic carbocycles. The van der Waals surface area contributed by atoms with Crippen molar-refractivity contribution in [2.45, 2.75) is 65.2 Å². The van der Waals surface area contributed by atoms with E-state index in [0.29, 0.717) is 6.04 Å². The van der Waals surface area contributed by atoms with Gasteiger partial charge in [0.15, 0.2) is 5.69 Å². The molecular weight excluding hydrogens is 410 g/mol. The molecule has 0 radical (unpaired) electrons. The molecule has 1 heterocycles. The second kappa shape index (κ2) is 7.80. The summed E-state index contributed by atoms with van der Waals surface area (Å²) in [5.41, 5.74) is 11.7. The maximum Gasteiger partial charge on any atom is 0.220 e. The van der Waals surface area contributed by atoms with Crippen LogP contribution in [0.2, 0.25) is 0 Å². The summed E-state index contributed by atoms with van der Waals surface area (Å²) >= 11 is 0. The Labute approximate surface area is 205 Å². The van der Waals surface area contributed by atoms with Gasteiger partial charge in [-0.25, -0.2) is 0 Å². The van der Waals surface area contributed by atoms with Crippen LogP contribution < -0.4 is 4.57 Å². The van der Waals surface area contributed by atoms with Gasteiger partial charge in [-0.1, -0.05) is 82.0 Å². The summed E-state index contributed by atoms with van der Waals surface area (Å²) < 4.78 is 11.2. The van der Waals surface area contributed by atoms with Crippen LogP contribution in [0.1, 0.15) is 68.8 Å². The number of hydrogen-bond acceptors (Lipinski definition) is 0. The van der Waals surface area contributed by atoms with Gasteiger partial charge in [-0.2, -0.15) is 4.57 Å². The molecule has 0 atom stereocenters. The molecule has 0 unspecified atom stereocenters. The van der Waals surface area contributed by atoms with Crippen LogP contribution in [0.4, 0.5) is 0 Å². The molecule has 1 nitrogen and oxygen atoms in total. The number of rotatable bonds is 3. The third-order valence-corrected chi connectivity index (χ3v) is 8.68. The highest BCUT2D eigenvalue weighted by atomic mass is 14.9. The summed E-state index contributed by atoms with van der Waals surface area (Å²) in [5.74, 6) is 0.810. The molecule has 0 aliphatic heterocycles. The van der Waals surface area contributed by atoms with Crippen LogP contribution >= 0.6 is 0 Å². The molecule has 172 valence electrons. The van der Waals surface area contributed by atoms with Crippen molar-refractivity contribution < 1.29 is 5.94 Å². The molecule has 0 saturated heterocycles. The van der Waals surface area contributed by atoms with Crippen LogP contribution in [0.15, 0.2) is 60.6 Å². The Bertz CT molecular complexity index is 1490. The van der Waals surface area contributed by atoms with Crippen molar-refractivity contribution in [3.63, 3.8) is 0 Å². The summed E-state index contributed by atoms with van der Waals surface area (Å²) in [4.78, 5) is 0. The number of aromatic nitrogens is 1. The first-order valence-electron chi connectivity index (χ1n) is 13.4. The Morgan fingerprint density at radius 1 is 0.912 bits per heavy atom. The van der Waals surface area contributed by atoms with Gasteiger partial charge in [-0.3, -0.25) is 0 Å². The first-order valence-corrected chi connectivity index (χ1v) is 12.9. The van der Waals surface area contributed by atoms with E-state index < -0.39 is 0 Å². The van der Waals surface area contributed by atoms with E-state index in [1.807, 2.05) is 0 Å². The predicted molar refractivity (Wildman–Crippen MR) is 143 cm³/mol. The molecule has 34 heavy (non-hydrogen) atoms. The molecule has 1 fully saturated rings. The minimum atomic E-state index is -0.0262. The number of fused-ring (bicyclic) bond motifs is 4. The summed E-state index contributed by atoms with van der Waals surface area (Å²) in [6.07, 6.45) is 6.60. The summed E-state index contributed by atoms with van der Waals surface area (Å²) in [7, 11) is 2.13. The fourth-order valence-electron chi connectivity index (χ4n) is 6.64. The third kappa shape index (κ3) is 3.24. The van der Waals surface area contributed by atoms with Gasteiger partial charge in [0.2, 0.25) is 5.69 Å². The largest absolute Gasteiger partial charge is 0.220 e. The van der Waals surface area contributed by atoms with E-state index in [0.717, 1.165) is 23.4 Å². The minimum Gasteiger partial charge on any atom is -0.198 e. The van der Waals surface area contributed by atoms with Gasteiger partial charge < -0.3 is 0 Å². The van der Waals surface area contributed by atoms with Crippen LogP contribution in [0.25, 0.3) is 33.2 Å². The molecule has 2 aliphatic carbocycles. The first kappa shape index (κ1) is 20.4. The monoisotopic (exact) mass is 447 g/mol. The summed E-state index contributed by atoms with van der Waals surface area (Å²) in [5, 5.41) is 2.28. The molecule has 4 aromatic rings. The van der Waals surface area contributed by atoms with Gasteiger partial charge in [-0.15, -0.1) is 0 Å². The number of hydrogen-bond donors (Lipinski definition) is 0. The van der Waals surface area contributed by atoms with Crippen LogP contribution in [0.5, 0.6) is 0 Å². The zero-order valence-corrected chi connectivity index (χ0v) is 21.3. The molecule has 0 bridgehead atoms. The smallest absolute Gasteiger partial charge is 0.198 e. The first-order chi connectivity index (χ1) is 16.8. The molecule has 0 spiro atoms. The molecule has 0 amide bonds. The van der Waals surface area contributed by atoms with Crippen molar-refractivity contribution in [2.24, 2.45) is 13.0 Å². The highest BCUT2D eigenvalue weighted by Crippen LogP contribution is 2.50. The summed E-state index contributed by atoms with van der Waals surface area (Å²) in [6.45, 7) is 9.04. The Balaban J connectivity index is 1.56. The molecule has 1 aromatic heterocycles. The van der Waals surface area contributed by atoms with Crippen molar-refractivity contribution in [3.8, 4) is 22.4 Å². The topological polar surface area (TPSA) is 3.88 Å². The van der Waals surface area contributed by atoms with E-state index in [1.165, 1.54) is 75.7 Å². The van der Waals surface area contributed by atoms with Crippen molar-refractivity contribution in [1.29, 1.82) is 0 Å². The standard InChI is InChI=1S/C33H36N/c1-21-16-29-27-12-8-9-13-30(27)33(3,4)31(29)20-28(21)32-26-15-14-24(18-23-10-6-7-11-23)19-25(26)17-22(2)34(32)5/h8-9,12-17,19-20,23H,6-7,10-11,18H2,1-5H3/q+1/i17D. The molecule has 0 N–H and O–H groups in total. The molecule has 1 saturated carbocycles. The van der Waals surface area contributed by atoms with Gasteiger partial charge in [0.25, 0.3) is 0 Å². The van der Waals surface area contributed by atoms with Gasteiger partial charge in [-0.05, 0) is 70.2 Å². The van der Waals surface area contributed by atoms with E-state index in [1.54, 1.807) is 0 Å². The summed E-state index contributed by atoms with van der Waals surface area (Å²) in [6, 6.07) is 21.3. The van der Waals surface area contributed by atoms with E-state index in [2.05, 4.69) is 93.9 Å². The zero-order chi connectivity index (χ0) is 24.5. The second-order valence-electron chi connectivity index (χ2n) is 11.2. The Morgan fingerprint density at radius 2 is 1.68 bits per heavy atom. The fourth-order valence-corrected chi connectivity index (χ4v) is 6.64. The van der Waals surface area contributed by atoms with Crippen LogP contribution in [-0.4, -0.2) is 0 Å². The van der Waals surface area contributed by atoms with E-state index >= 15 is 0 Å². The highest BCUT2D eigenvalue weighted by Gasteiger charge is 2.36. The van der Waals surface area contributed by atoms with Crippen molar-refractivity contribution in [2.75, 3.05) is 0 Å². The van der Waals surface area contributed by atoms with E-state index in [4.69, 9.17) is 1.37 Å². The van der Waals surface area contributed by atoms with Gasteiger partial charge in [0.05, 0.1) is 12.3 Å². The molecule has 2 aliphatic rings. The predicted octanol–water partition coefficient (Wildman–Crippen LogP) is 7.99. The van der Waals surface area contributed by atoms with Crippen LogP contribution in [0, 0.1) is 19.8 Å². The normalized spacial score (nSPS) is 17.1. The third-order valence-electron chi connectivity index (χ3n) is 8.68. The van der Waals surface area contributed by atoms with Crippen molar-refractivity contribution in [3.05, 3.63) is 88.6 Å². The molecule has 1 heteroatoms. The lowest BCUT2D eigenvalue weighted by Gasteiger charge is -2.22. The highest BCUT2D eigenvalue weighted by molar-refractivity contribution is 5.95. The Hall–Kier alpha value is -2.93. The average Bonchev–Trinajstić information content (AvgIpc) is 3.43. The van der Waals surface area contributed by atoms with Gasteiger partial charge in [0.1, 0.15) is 7.05 Å². The maximum atomic E-state index is 8.98. The number of pyridine rings is 1. The number of aryl methyl sites for hydroxylation is 1. The molecular formula is C33H36N+. The van der Waals surface area contributed by atoms with Crippen LogP contribution in [-0.2, 0) is 18.9 Å². The fraction of sp³-hybridized carbons (Fsp3) is 0.364. The lowest BCUT2D eigenvalue weighted by molar-refractivity contribution is -0.665. The maximum absolute atomic E-state index is 8.98. The van der Waals surface area contributed by atoms with Gasteiger partial charge in [0, 0.05) is 18.4 Å². The lowest BCUT2D eigenvalue weighted by atomic mass is 9.81. The lowest BCUT2D eigenvalue weighted by Crippen LogP contribution is -2.35. The minimum absolute atomic E-state index is 0.0262. The quantitative estimate of drug-likeness (QED) is 0.280. The zero-order valence-electron chi connectivity index (χ0n) is 22.3.